The summed E-state index contributed by atoms with van der Waals surface area (Å²) in [4.78, 5) is 8.30. The first-order chi connectivity index (χ1) is 17.1. The minimum Gasteiger partial charge on any atom is -0.369 e. The number of nitriles is 1. The first-order valence-corrected chi connectivity index (χ1v) is 13.6. The van der Waals surface area contributed by atoms with E-state index in [-0.39, 0.29) is 41.3 Å². The normalized spacial score (nSPS) is 20.6. The lowest BCUT2D eigenvalue weighted by Crippen LogP contribution is -2.47. The van der Waals surface area contributed by atoms with Gasteiger partial charge in [-0.3, -0.25) is 9.88 Å². The Morgan fingerprint density at radius 3 is 2.32 bits per heavy atom. The third kappa shape index (κ3) is 8.45. The highest BCUT2D eigenvalue weighted by Crippen LogP contribution is 2.33. The molecule has 0 atom stereocenters. The molecule has 1 aromatic carbocycles. The highest BCUT2D eigenvalue weighted by Gasteiger charge is 2.32. The van der Waals surface area contributed by atoms with Crippen molar-refractivity contribution in [2.24, 2.45) is 5.92 Å². The molecule has 2 heterocycles. The fraction of sp³-hybridized carbons (Fsp3) is 0.520. The number of pyridine rings is 1. The molecule has 2 fully saturated rings. The van der Waals surface area contributed by atoms with Gasteiger partial charge in [0, 0.05) is 50.3 Å². The molecule has 4 rings (SSSR count). The van der Waals surface area contributed by atoms with Gasteiger partial charge in [0.2, 0.25) is 10.0 Å². The second kappa shape index (κ2) is 13.8. The minimum absolute atomic E-state index is 0. The van der Waals surface area contributed by atoms with Crippen LogP contribution in [0, 0.1) is 17.2 Å². The van der Waals surface area contributed by atoms with Crippen molar-refractivity contribution in [3.05, 3.63) is 53.9 Å². The molecule has 7 nitrogen and oxygen atoms in total. The molecule has 0 unspecified atom stereocenters. The van der Waals surface area contributed by atoms with Gasteiger partial charge >= 0.3 is 6.18 Å². The molecule has 1 aliphatic carbocycles. The van der Waals surface area contributed by atoms with Crippen LogP contribution in [0.15, 0.2) is 47.6 Å². The van der Waals surface area contributed by atoms with Gasteiger partial charge in [0.1, 0.15) is 4.90 Å². The third-order valence-corrected chi connectivity index (χ3v) is 8.58. The lowest BCUT2D eigenvalue weighted by atomic mass is 9.84. The van der Waals surface area contributed by atoms with Crippen molar-refractivity contribution >= 4 is 40.5 Å². The SMILES string of the molecule is Cl.Cl.N#Cc1cc(N2CCN(CCC3CCC(NS(=O)(=O)c4cccnc4)CC3)CC2)cc(C(F)(F)F)c1. The molecule has 2 aliphatic rings. The van der Waals surface area contributed by atoms with Crippen LogP contribution in [0.1, 0.15) is 43.2 Å². The Bertz CT molecular complexity index is 1180. The quantitative estimate of drug-likeness (QED) is 0.493. The molecule has 0 spiro atoms. The fourth-order valence-electron chi connectivity index (χ4n) is 4.98. The predicted octanol–water partition coefficient (Wildman–Crippen LogP) is 4.87. The molecular formula is C25H32Cl2F3N5O2S. The van der Waals surface area contributed by atoms with E-state index in [4.69, 9.17) is 5.26 Å². The predicted molar refractivity (Wildman–Crippen MR) is 144 cm³/mol. The number of halogens is 5. The van der Waals surface area contributed by atoms with E-state index in [1.807, 2.05) is 11.0 Å². The molecule has 13 heteroatoms. The van der Waals surface area contributed by atoms with E-state index >= 15 is 0 Å². The summed E-state index contributed by atoms with van der Waals surface area (Å²) in [7, 11) is -3.56. The van der Waals surface area contributed by atoms with Gasteiger partial charge in [-0.25, -0.2) is 13.1 Å². The van der Waals surface area contributed by atoms with Crippen molar-refractivity contribution < 1.29 is 21.6 Å². The van der Waals surface area contributed by atoms with Crippen LogP contribution >= 0.6 is 24.8 Å². The average Bonchev–Trinajstić information content (AvgIpc) is 2.88. The summed E-state index contributed by atoms with van der Waals surface area (Å²) in [5.41, 5.74) is -0.342. The number of hydrogen-bond acceptors (Lipinski definition) is 6. The Morgan fingerprint density at radius 1 is 1.05 bits per heavy atom. The largest absolute Gasteiger partial charge is 0.416 e. The van der Waals surface area contributed by atoms with Gasteiger partial charge in [-0.15, -0.1) is 24.8 Å². The van der Waals surface area contributed by atoms with E-state index in [2.05, 4.69) is 14.6 Å². The monoisotopic (exact) mass is 593 g/mol. The van der Waals surface area contributed by atoms with Crippen LogP contribution in [0.3, 0.4) is 0 Å². The van der Waals surface area contributed by atoms with Crippen LogP contribution in [0.25, 0.3) is 0 Å². The number of nitrogens with one attached hydrogen (secondary N) is 1. The van der Waals surface area contributed by atoms with Gasteiger partial charge in [0.15, 0.2) is 0 Å². The average molecular weight is 595 g/mol. The summed E-state index contributed by atoms with van der Waals surface area (Å²) < 4.78 is 67.4. The van der Waals surface area contributed by atoms with E-state index < -0.39 is 21.8 Å². The molecule has 0 bridgehead atoms. The van der Waals surface area contributed by atoms with Crippen molar-refractivity contribution in [1.82, 2.24) is 14.6 Å². The Kier molecular flexibility index (Phi) is 11.7. The summed E-state index contributed by atoms with van der Waals surface area (Å²) in [6, 6.07) is 8.43. The molecule has 0 amide bonds. The van der Waals surface area contributed by atoms with Crippen molar-refractivity contribution in [2.45, 2.75) is 49.2 Å². The van der Waals surface area contributed by atoms with Gasteiger partial charge in [0.25, 0.3) is 0 Å². The lowest BCUT2D eigenvalue weighted by Gasteiger charge is -2.37. The topological polar surface area (TPSA) is 89.3 Å². The highest BCUT2D eigenvalue weighted by molar-refractivity contribution is 7.89. The Labute approximate surface area is 234 Å². The van der Waals surface area contributed by atoms with Crippen molar-refractivity contribution in [3.8, 4) is 6.07 Å². The number of piperazine rings is 1. The van der Waals surface area contributed by atoms with Gasteiger partial charge in [-0.1, -0.05) is 0 Å². The summed E-state index contributed by atoms with van der Waals surface area (Å²) in [6.45, 7) is 3.62. The van der Waals surface area contributed by atoms with E-state index in [9.17, 15) is 21.6 Å². The molecule has 2 aromatic rings. The number of hydrogen-bond donors (Lipinski definition) is 1. The number of rotatable bonds is 7. The standard InChI is InChI=1S/C25H30F3N5O2S.2ClH/c26-25(27,28)21-14-20(17-29)15-23(16-21)33-12-10-32(11-13-33)9-7-19-3-5-22(6-4-19)31-36(34,35)24-2-1-8-30-18-24;;/h1-2,8,14-16,18-19,22,31H,3-7,9-13H2;2*1H. The minimum atomic E-state index is -4.49. The molecule has 1 saturated heterocycles. The summed E-state index contributed by atoms with van der Waals surface area (Å²) in [5.74, 6) is 0.531. The summed E-state index contributed by atoms with van der Waals surface area (Å²) in [5, 5.41) is 9.13. The Hall–Kier alpha value is -2.10. The van der Waals surface area contributed by atoms with Crippen molar-refractivity contribution in [1.29, 1.82) is 5.26 Å². The maximum absolute atomic E-state index is 13.2. The van der Waals surface area contributed by atoms with Crippen LogP contribution in [-0.4, -0.2) is 57.1 Å². The smallest absolute Gasteiger partial charge is 0.369 e. The number of anilines is 1. The molecule has 1 saturated carbocycles. The van der Waals surface area contributed by atoms with Crippen molar-refractivity contribution in [2.75, 3.05) is 37.6 Å². The molecule has 1 aromatic heterocycles. The van der Waals surface area contributed by atoms with E-state index in [0.29, 0.717) is 24.7 Å². The zero-order valence-electron chi connectivity index (χ0n) is 20.7. The fourth-order valence-corrected chi connectivity index (χ4v) is 6.25. The van der Waals surface area contributed by atoms with Crippen LogP contribution in [0.2, 0.25) is 0 Å². The van der Waals surface area contributed by atoms with E-state index in [0.717, 1.165) is 63.9 Å². The number of sulfonamides is 1. The highest BCUT2D eigenvalue weighted by atomic mass is 35.5. The molecule has 210 valence electrons. The summed E-state index contributed by atoms with van der Waals surface area (Å²) >= 11 is 0. The van der Waals surface area contributed by atoms with E-state index in [1.165, 1.54) is 18.3 Å². The number of alkyl halides is 3. The van der Waals surface area contributed by atoms with Crippen molar-refractivity contribution in [3.63, 3.8) is 0 Å². The van der Waals surface area contributed by atoms with E-state index in [1.54, 1.807) is 12.3 Å². The number of nitrogens with zero attached hydrogens (tertiary/aromatic N) is 4. The van der Waals surface area contributed by atoms with Gasteiger partial charge in [-0.05, 0) is 74.9 Å². The first-order valence-electron chi connectivity index (χ1n) is 12.2. The maximum Gasteiger partial charge on any atom is 0.416 e. The number of aromatic nitrogens is 1. The summed E-state index contributed by atoms with van der Waals surface area (Å²) in [6.07, 6.45) is 2.94. The molecule has 1 N–H and O–H groups in total. The van der Waals surface area contributed by atoms with Gasteiger partial charge in [0.05, 0.1) is 17.2 Å². The Morgan fingerprint density at radius 2 is 1.74 bits per heavy atom. The second-order valence-electron chi connectivity index (χ2n) is 9.52. The van der Waals surface area contributed by atoms with Gasteiger partial charge < -0.3 is 4.90 Å². The van der Waals surface area contributed by atoms with Crippen LogP contribution in [0.4, 0.5) is 18.9 Å². The molecule has 1 aliphatic heterocycles. The molecular weight excluding hydrogens is 562 g/mol. The molecule has 38 heavy (non-hydrogen) atoms. The van der Waals surface area contributed by atoms with Crippen LogP contribution < -0.4 is 9.62 Å². The maximum atomic E-state index is 13.2. The lowest BCUT2D eigenvalue weighted by molar-refractivity contribution is -0.137. The van der Waals surface area contributed by atoms with Crippen LogP contribution in [-0.2, 0) is 16.2 Å². The first kappa shape index (κ1) is 32.1. The zero-order chi connectivity index (χ0) is 25.8. The molecule has 0 radical (unpaired) electrons. The number of benzene rings is 1. The van der Waals surface area contributed by atoms with Gasteiger partial charge in [-0.2, -0.15) is 18.4 Å². The van der Waals surface area contributed by atoms with Crippen LogP contribution in [0.5, 0.6) is 0 Å². The third-order valence-electron chi connectivity index (χ3n) is 7.08. The Balaban J connectivity index is 0.00000253. The zero-order valence-corrected chi connectivity index (χ0v) is 23.2. The second-order valence-corrected chi connectivity index (χ2v) is 11.2.